The molecule has 0 saturated heterocycles. The van der Waals surface area contributed by atoms with Gasteiger partial charge in [-0.05, 0) is 24.7 Å². The van der Waals surface area contributed by atoms with Crippen molar-refractivity contribution in [3.05, 3.63) is 12.7 Å². The van der Waals surface area contributed by atoms with E-state index in [0.29, 0.717) is 5.92 Å². The van der Waals surface area contributed by atoms with Crippen LogP contribution in [-0.4, -0.2) is 11.2 Å². The topological polar surface area (TPSA) is 20.2 Å². The fourth-order valence-corrected chi connectivity index (χ4v) is 2.60. The van der Waals surface area contributed by atoms with Crippen molar-refractivity contribution < 1.29 is 5.11 Å². The Morgan fingerprint density at radius 3 is 2.77 bits per heavy atom. The molecule has 0 radical (unpaired) electrons. The van der Waals surface area contributed by atoms with E-state index < -0.39 is 0 Å². The van der Waals surface area contributed by atoms with Gasteiger partial charge in [0, 0.05) is 0 Å². The molecule has 1 heteroatoms. The van der Waals surface area contributed by atoms with Crippen molar-refractivity contribution in [1.29, 1.82) is 0 Å². The Bertz CT molecular complexity index is 153. The van der Waals surface area contributed by atoms with Crippen molar-refractivity contribution in [2.45, 2.75) is 51.6 Å². The van der Waals surface area contributed by atoms with Gasteiger partial charge in [-0.25, -0.2) is 0 Å². The third-order valence-corrected chi connectivity index (χ3v) is 3.39. The van der Waals surface area contributed by atoms with E-state index in [1.54, 1.807) is 0 Å². The van der Waals surface area contributed by atoms with Gasteiger partial charge < -0.3 is 5.11 Å². The quantitative estimate of drug-likeness (QED) is 0.662. The van der Waals surface area contributed by atoms with E-state index in [1.165, 1.54) is 32.1 Å². The summed E-state index contributed by atoms with van der Waals surface area (Å²) in [6.07, 6.45) is 8.88. The average molecular weight is 182 g/mol. The van der Waals surface area contributed by atoms with Crippen molar-refractivity contribution in [3.8, 4) is 0 Å². The van der Waals surface area contributed by atoms with Crippen LogP contribution in [0.2, 0.25) is 0 Å². The van der Waals surface area contributed by atoms with Crippen LogP contribution in [0.5, 0.6) is 0 Å². The van der Waals surface area contributed by atoms with Crippen molar-refractivity contribution in [1.82, 2.24) is 0 Å². The van der Waals surface area contributed by atoms with Crippen LogP contribution in [0.1, 0.15) is 45.4 Å². The average Bonchev–Trinajstić information content (AvgIpc) is 2.18. The summed E-state index contributed by atoms with van der Waals surface area (Å²) in [5.41, 5.74) is 0. The second-order valence-corrected chi connectivity index (χ2v) is 4.21. The molecule has 76 valence electrons. The lowest BCUT2D eigenvalue weighted by atomic mass is 9.74. The summed E-state index contributed by atoms with van der Waals surface area (Å²) in [5.74, 6) is 1.29. The Hall–Kier alpha value is -0.300. The fraction of sp³-hybridized carbons (Fsp3) is 0.833. The highest BCUT2D eigenvalue weighted by Gasteiger charge is 2.28. The first-order chi connectivity index (χ1) is 6.29. The number of hydrogen-bond donors (Lipinski definition) is 1. The van der Waals surface area contributed by atoms with Gasteiger partial charge in [0.05, 0.1) is 6.10 Å². The largest absolute Gasteiger partial charge is 0.393 e. The van der Waals surface area contributed by atoms with Crippen LogP contribution in [0.25, 0.3) is 0 Å². The zero-order valence-electron chi connectivity index (χ0n) is 8.71. The van der Waals surface area contributed by atoms with Crippen LogP contribution in [0.4, 0.5) is 0 Å². The molecular weight excluding hydrogens is 160 g/mol. The summed E-state index contributed by atoms with van der Waals surface area (Å²) in [6, 6.07) is 0. The van der Waals surface area contributed by atoms with Crippen molar-refractivity contribution in [2.24, 2.45) is 11.8 Å². The molecule has 1 rings (SSSR count). The number of aliphatic hydroxyl groups excluding tert-OH is 1. The molecule has 0 aromatic rings. The normalized spacial score (nSPS) is 31.2. The standard InChI is InChI=1S/C12H22O/c1-3-7-12(13)11-9-6-5-8-10(11)4-2/h3,10-13H,1,4-9H2,2H3. The summed E-state index contributed by atoms with van der Waals surface area (Å²) in [6.45, 7) is 5.93. The minimum Gasteiger partial charge on any atom is -0.393 e. The highest BCUT2D eigenvalue weighted by molar-refractivity contribution is 4.84. The van der Waals surface area contributed by atoms with Crippen molar-refractivity contribution in [3.63, 3.8) is 0 Å². The van der Waals surface area contributed by atoms with E-state index in [0.717, 1.165) is 12.3 Å². The number of hydrogen-bond acceptors (Lipinski definition) is 1. The molecule has 1 fully saturated rings. The zero-order valence-corrected chi connectivity index (χ0v) is 8.71. The van der Waals surface area contributed by atoms with Gasteiger partial charge in [-0.15, -0.1) is 6.58 Å². The molecule has 0 aromatic heterocycles. The number of aliphatic hydroxyl groups is 1. The molecular formula is C12H22O. The minimum absolute atomic E-state index is 0.136. The molecule has 0 bridgehead atoms. The molecule has 0 spiro atoms. The Balaban J connectivity index is 2.47. The summed E-state index contributed by atoms with van der Waals surface area (Å²) < 4.78 is 0. The first-order valence-electron chi connectivity index (χ1n) is 5.58. The van der Waals surface area contributed by atoms with Crippen LogP contribution in [0, 0.1) is 11.8 Å². The molecule has 1 aliphatic rings. The van der Waals surface area contributed by atoms with Crippen LogP contribution in [0.3, 0.4) is 0 Å². The summed E-state index contributed by atoms with van der Waals surface area (Å²) in [5, 5.41) is 9.90. The van der Waals surface area contributed by atoms with Gasteiger partial charge in [-0.1, -0.05) is 38.7 Å². The molecule has 1 aliphatic carbocycles. The molecule has 3 atom stereocenters. The molecule has 0 heterocycles. The van der Waals surface area contributed by atoms with Crippen LogP contribution in [0.15, 0.2) is 12.7 Å². The van der Waals surface area contributed by atoms with Crippen LogP contribution >= 0.6 is 0 Å². The lowest BCUT2D eigenvalue weighted by molar-refractivity contribution is 0.0483. The molecule has 1 saturated carbocycles. The zero-order chi connectivity index (χ0) is 9.68. The maximum absolute atomic E-state index is 9.90. The Labute approximate surface area is 81.9 Å². The van der Waals surface area contributed by atoms with Gasteiger partial charge in [0.15, 0.2) is 0 Å². The van der Waals surface area contributed by atoms with E-state index in [-0.39, 0.29) is 6.10 Å². The van der Waals surface area contributed by atoms with E-state index in [2.05, 4.69) is 13.5 Å². The highest BCUT2D eigenvalue weighted by Crippen LogP contribution is 2.35. The Morgan fingerprint density at radius 1 is 1.46 bits per heavy atom. The van der Waals surface area contributed by atoms with E-state index in [9.17, 15) is 5.11 Å². The molecule has 1 nitrogen and oxygen atoms in total. The third-order valence-electron chi connectivity index (χ3n) is 3.39. The predicted molar refractivity (Wildman–Crippen MR) is 56.6 cm³/mol. The first-order valence-corrected chi connectivity index (χ1v) is 5.58. The lowest BCUT2D eigenvalue weighted by Crippen LogP contribution is -2.30. The van der Waals surface area contributed by atoms with Gasteiger partial charge >= 0.3 is 0 Å². The highest BCUT2D eigenvalue weighted by atomic mass is 16.3. The smallest absolute Gasteiger partial charge is 0.0605 e. The second-order valence-electron chi connectivity index (χ2n) is 4.21. The molecule has 3 unspecified atom stereocenters. The molecule has 0 amide bonds. The van der Waals surface area contributed by atoms with Crippen LogP contribution < -0.4 is 0 Å². The van der Waals surface area contributed by atoms with Crippen molar-refractivity contribution >= 4 is 0 Å². The lowest BCUT2D eigenvalue weighted by Gasteiger charge is -2.34. The van der Waals surface area contributed by atoms with Gasteiger partial charge in [0.25, 0.3) is 0 Å². The van der Waals surface area contributed by atoms with Crippen LogP contribution in [-0.2, 0) is 0 Å². The predicted octanol–water partition coefficient (Wildman–Crippen LogP) is 3.14. The van der Waals surface area contributed by atoms with Gasteiger partial charge in [0.1, 0.15) is 0 Å². The van der Waals surface area contributed by atoms with E-state index in [4.69, 9.17) is 0 Å². The molecule has 0 aromatic carbocycles. The van der Waals surface area contributed by atoms with E-state index in [1.807, 2.05) is 6.08 Å². The summed E-state index contributed by atoms with van der Waals surface area (Å²) >= 11 is 0. The summed E-state index contributed by atoms with van der Waals surface area (Å²) in [7, 11) is 0. The monoisotopic (exact) mass is 182 g/mol. The Morgan fingerprint density at radius 2 is 2.15 bits per heavy atom. The molecule has 1 N–H and O–H groups in total. The maximum atomic E-state index is 9.90. The first kappa shape index (κ1) is 10.8. The molecule has 0 aliphatic heterocycles. The van der Waals surface area contributed by atoms with Gasteiger partial charge in [-0.3, -0.25) is 0 Å². The Kier molecular flexibility index (Phi) is 4.51. The minimum atomic E-state index is -0.136. The molecule has 13 heavy (non-hydrogen) atoms. The number of rotatable bonds is 4. The third kappa shape index (κ3) is 2.84. The SMILES string of the molecule is C=CCC(O)C1CCCCC1CC. The second kappa shape index (κ2) is 5.43. The van der Waals surface area contributed by atoms with Gasteiger partial charge in [-0.2, -0.15) is 0 Å². The maximum Gasteiger partial charge on any atom is 0.0605 e. The van der Waals surface area contributed by atoms with Gasteiger partial charge in [0.2, 0.25) is 0 Å². The summed E-state index contributed by atoms with van der Waals surface area (Å²) in [4.78, 5) is 0. The van der Waals surface area contributed by atoms with E-state index >= 15 is 0 Å². The van der Waals surface area contributed by atoms with Crippen molar-refractivity contribution in [2.75, 3.05) is 0 Å². The fourth-order valence-electron chi connectivity index (χ4n) is 2.60.